The van der Waals surface area contributed by atoms with Crippen molar-refractivity contribution in [3.63, 3.8) is 0 Å². The summed E-state index contributed by atoms with van der Waals surface area (Å²) in [4.78, 5) is -1.70. The number of anilines is 1. The second-order valence-corrected chi connectivity index (χ2v) is 7.24. The molecule has 106 valence electrons. The van der Waals surface area contributed by atoms with E-state index in [9.17, 15) is 28.7 Å². The molecule has 0 aromatic heterocycles. The van der Waals surface area contributed by atoms with Crippen molar-refractivity contribution in [2.75, 3.05) is 11.5 Å². The first-order valence-corrected chi connectivity index (χ1v) is 6.86. The molecule has 0 saturated carbocycles. The number of rotatable bonds is 3. The highest BCUT2D eigenvalue weighted by atomic mass is 32.5. The highest BCUT2D eigenvalue weighted by Crippen LogP contribution is 3.00. The van der Waals surface area contributed by atoms with E-state index in [0.29, 0.717) is 12.1 Å². The Kier molecular flexibility index (Phi) is 2.87. The van der Waals surface area contributed by atoms with Crippen molar-refractivity contribution in [3.05, 3.63) is 24.3 Å². The Bertz CT molecular complexity index is 443. The van der Waals surface area contributed by atoms with E-state index in [2.05, 4.69) is 0 Å². The van der Waals surface area contributed by atoms with Gasteiger partial charge in [-0.15, -0.1) is 15.5 Å². The third-order valence-electron chi connectivity index (χ3n) is 2.20. The molecule has 0 saturated heterocycles. The number of nitrogen functional groups attached to an aromatic ring is 1. The van der Waals surface area contributed by atoms with E-state index in [1.54, 1.807) is 0 Å². The standard InChI is InChI=1S/C9H10F7NS/c10-9(11,12)5-6-18(13,14,15,16)8-3-1-7(17)2-4-8/h1-4H,5-6,17H2. The van der Waals surface area contributed by atoms with Gasteiger partial charge in [0.2, 0.25) is 0 Å². The number of benzene rings is 1. The SMILES string of the molecule is Nc1ccc(S(F)(F)(F)(F)CCC(F)(F)F)cc1. The first-order valence-electron chi connectivity index (χ1n) is 4.64. The van der Waals surface area contributed by atoms with Gasteiger partial charge in [-0.25, -0.2) is 0 Å². The van der Waals surface area contributed by atoms with Gasteiger partial charge in [0.25, 0.3) is 0 Å². The summed E-state index contributed by atoms with van der Waals surface area (Å²) >= 11 is 0. The number of hydrogen-bond acceptors (Lipinski definition) is 1. The van der Waals surface area contributed by atoms with Crippen molar-refractivity contribution in [3.8, 4) is 0 Å². The lowest BCUT2D eigenvalue weighted by atomic mass is 10.3. The molecule has 0 bridgehead atoms. The summed E-state index contributed by atoms with van der Waals surface area (Å²) in [5, 5.41) is 0. The van der Waals surface area contributed by atoms with E-state index < -0.39 is 33.1 Å². The lowest BCUT2D eigenvalue weighted by molar-refractivity contribution is -0.130. The summed E-state index contributed by atoms with van der Waals surface area (Å²) in [6.07, 6.45) is -7.32. The molecule has 0 radical (unpaired) electrons. The first kappa shape index (κ1) is 14.9. The van der Waals surface area contributed by atoms with Gasteiger partial charge in [-0.1, -0.05) is 0 Å². The Hall–Kier alpha value is -1.12. The number of alkyl halides is 3. The average Bonchev–Trinajstić information content (AvgIpc) is 2.14. The van der Waals surface area contributed by atoms with Gasteiger partial charge >= 0.3 is 6.18 Å². The van der Waals surface area contributed by atoms with Gasteiger partial charge in [0.05, 0.1) is 17.1 Å². The highest BCUT2D eigenvalue weighted by molar-refractivity contribution is 8.49. The Labute approximate surface area is 98.2 Å². The van der Waals surface area contributed by atoms with Crippen LogP contribution in [0.4, 0.5) is 34.4 Å². The number of hydrogen-bond donors (Lipinski definition) is 1. The fourth-order valence-electron chi connectivity index (χ4n) is 1.21. The topological polar surface area (TPSA) is 26.0 Å². The lowest BCUT2D eigenvalue weighted by Crippen LogP contribution is -2.23. The number of nitrogens with two attached hydrogens (primary N) is 1. The number of halogens is 7. The van der Waals surface area contributed by atoms with Gasteiger partial charge in [-0.2, -0.15) is 13.2 Å². The van der Waals surface area contributed by atoms with Gasteiger partial charge in [0.1, 0.15) is 0 Å². The summed E-state index contributed by atoms with van der Waals surface area (Å²) in [5.74, 6) is -2.53. The van der Waals surface area contributed by atoms with Gasteiger partial charge < -0.3 is 5.73 Å². The molecular weight excluding hydrogens is 287 g/mol. The van der Waals surface area contributed by atoms with Crippen LogP contribution in [0.15, 0.2) is 29.2 Å². The zero-order chi connectivity index (χ0) is 14.3. The van der Waals surface area contributed by atoms with Gasteiger partial charge in [0.15, 0.2) is 9.84 Å². The molecule has 1 aromatic rings. The molecule has 0 amide bonds. The van der Waals surface area contributed by atoms with E-state index >= 15 is 0 Å². The third-order valence-corrected chi connectivity index (χ3v) is 4.54. The minimum atomic E-state index is -8.91. The maximum atomic E-state index is 13.4. The Morgan fingerprint density at radius 2 is 1.39 bits per heavy atom. The van der Waals surface area contributed by atoms with Crippen molar-refractivity contribution < 1.29 is 28.7 Å². The van der Waals surface area contributed by atoms with Crippen LogP contribution in [0.5, 0.6) is 0 Å². The van der Waals surface area contributed by atoms with Crippen molar-refractivity contribution in [2.45, 2.75) is 17.5 Å². The molecule has 0 atom stereocenters. The quantitative estimate of drug-likeness (QED) is 0.617. The van der Waals surface area contributed by atoms with Crippen molar-refractivity contribution in [1.29, 1.82) is 0 Å². The van der Waals surface area contributed by atoms with Gasteiger partial charge in [-0.3, -0.25) is 0 Å². The summed E-state index contributed by atoms with van der Waals surface area (Å²) in [6, 6.07) is 2.29. The Balaban J connectivity index is 3.16. The van der Waals surface area contributed by atoms with Crippen LogP contribution in [-0.4, -0.2) is 11.9 Å². The van der Waals surface area contributed by atoms with Crippen LogP contribution in [0, 0.1) is 0 Å². The normalized spacial score (nSPS) is 17.1. The summed E-state index contributed by atoms with van der Waals surface area (Å²) < 4.78 is 89.3. The zero-order valence-electron chi connectivity index (χ0n) is 8.85. The molecule has 1 rings (SSSR count). The van der Waals surface area contributed by atoms with Crippen LogP contribution in [0.25, 0.3) is 0 Å². The minimum Gasteiger partial charge on any atom is -0.399 e. The van der Waals surface area contributed by atoms with E-state index in [4.69, 9.17) is 5.73 Å². The molecule has 0 aliphatic carbocycles. The molecule has 18 heavy (non-hydrogen) atoms. The Morgan fingerprint density at radius 1 is 0.944 bits per heavy atom. The maximum Gasteiger partial charge on any atom is 0.390 e. The van der Waals surface area contributed by atoms with E-state index in [0.717, 1.165) is 12.1 Å². The summed E-state index contributed by atoms with van der Waals surface area (Å²) in [5.41, 5.74) is 5.10. The fraction of sp³-hybridized carbons (Fsp3) is 0.333. The molecule has 0 heterocycles. The van der Waals surface area contributed by atoms with Gasteiger partial charge in [-0.05, 0) is 24.3 Å². The molecular formula is C9H10F7NS. The lowest BCUT2D eigenvalue weighted by Gasteiger charge is -2.50. The summed E-state index contributed by atoms with van der Waals surface area (Å²) in [7, 11) is -8.91. The fourth-order valence-corrected chi connectivity index (χ4v) is 2.83. The van der Waals surface area contributed by atoms with Gasteiger partial charge in [0, 0.05) is 5.69 Å². The molecule has 0 aliphatic rings. The molecule has 0 unspecified atom stereocenters. The van der Waals surface area contributed by atoms with Crippen molar-refractivity contribution in [2.24, 2.45) is 0 Å². The van der Waals surface area contributed by atoms with Crippen LogP contribution in [0.2, 0.25) is 0 Å². The first-order chi connectivity index (χ1) is 7.72. The molecule has 2 N–H and O–H groups in total. The Morgan fingerprint density at radius 3 is 1.78 bits per heavy atom. The average molecular weight is 297 g/mol. The predicted octanol–water partition coefficient (Wildman–Crippen LogP) is 4.99. The maximum absolute atomic E-state index is 13.4. The molecule has 9 heteroatoms. The molecule has 1 nitrogen and oxygen atoms in total. The molecule has 1 aromatic carbocycles. The van der Waals surface area contributed by atoms with Crippen LogP contribution in [-0.2, 0) is 0 Å². The second-order valence-electron chi connectivity index (χ2n) is 3.88. The molecule has 0 fully saturated rings. The highest BCUT2D eigenvalue weighted by Gasteiger charge is 2.65. The van der Waals surface area contributed by atoms with Crippen molar-refractivity contribution >= 4 is 15.5 Å². The molecule has 0 aliphatic heterocycles. The monoisotopic (exact) mass is 297 g/mol. The predicted molar refractivity (Wildman–Crippen MR) is 56.7 cm³/mol. The third kappa shape index (κ3) is 3.69. The van der Waals surface area contributed by atoms with Crippen LogP contribution < -0.4 is 5.73 Å². The zero-order valence-corrected chi connectivity index (χ0v) is 9.67. The van der Waals surface area contributed by atoms with Crippen LogP contribution in [0.1, 0.15) is 6.42 Å². The smallest absolute Gasteiger partial charge is 0.390 e. The largest absolute Gasteiger partial charge is 0.399 e. The minimum absolute atomic E-state index is 0.0389. The van der Waals surface area contributed by atoms with E-state index in [1.807, 2.05) is 0 Å². The second kappa shape index (κ2) is 3.46. The summed E-state index contributed by atoms with van der Waals surface area (Å²) in [6.45, 7) is 0. The van der Waals surface area contributed by atoms with E-state index in [1.165, 1.54) is 0 Å². The van der Waals surface area contributed by atoms with E-state index in [-0.39, 0.29) is 5.69 Å². The molecule has 0 spiro atoms. The van der Waals surface area contributed by atoms with Crippen molar-refractivity contribution in [1.82, 2.24) is 0 Å². The van der Waals surface area contributed by atoms with Crippen LogP contribution in [0.3, 0.4) is 0 Å². The van der Waals surface area contributed by atoms with Crippen LogP contribution >= 0.6 is 9.84 Å².